The normalized spacial score (nSPS) is 17.9. The van der Waals surface area contributed by atoms with Gasteiger partial charge in [0.25, 0.3) is 0 Å². The zero-order chi connectivity index (χ0) is 19.6. The number of halogens is 1. The Kier molecular flexibility index (Phi) is 12.5. The van der Waals surface area contributed by atoms with Crippen molar-refractivity contribution in [1.29, 1.82) is 0 Å². The molecule has 163 valence electrons. The van der Waals surface area contributed by atoms with Crippen molar-refractivity contribution in [1.82, 2.24) is 9.97 Å². The minimum Gasteiger partial charge on any atom is -0.255 e. The molecule has 2 aliphatic rings. The fourth-order valence-corrected chi connectivity index (χ4v) is 9.17. The van der Waals surface area contributed by atoms with E-state index in [0.717, 1.165) is 22.7 Å². The molecule has 2 aromatic rings. The van der Waals surface area contributed by atoms with E-state index >= 15 is 0 Å². The van der Waals surface area contributed by atoms with Gasteiger partial charge in [-0.05, 0) is 75.6 Å². The second kappa shape index (κ2) is 14.3. The Labute approximate surface area is 202 Å². The summed E-state index contributed by atoms with van der Waals surface area (Å²) in [6.45, 7) is 0. The first-order valence-electron chi connectivity index (χ1n) is 10.8. The van der Waals surface area contributed by atoms with Gasteiger partial charge in [-0.1, -0.05) is 25.0 Å². The monoisotopic (exact) mass is 564 g/mol. The molecular weight excluding hydrogens is 531 g/mol. The maximum Gasteiger partial charge on any atom is 0.0995 e. The summed E-state index contributed by atoms with van der Waals surface area (Å²) in [6.07, 6.45) is 17.9. The molecule has 0 amide bonds. The fourth-order valence-electron chi connectivity index (χ4n) is 5.01. The van der Waals surface area contributed by atoms with Crippen molar-refractivity contribution in [2.45, 2.75) is 81.7 Å². The summed E-state index contributed by atoms with van der Waals surface area (Å²) >= 11 is 1.62. The van der Waals surface area contributed by atoms with Gasteiger partial charge in [-0.25, -0.2) is 4.98 Å². The molecule has 2 aliphatic carbocycles. The molecule has 4 rings (SSSR count). The SMILES string of the molecule is [Cl][RuH].[Co].c1ccc(-c2cccc(C[PH+](C3CCCCC3)C3CCCCC3)n2)nc1. The van der Waals surface area contributed by atoms with Gasteiger partial charge in [0.2, 0.25) is 0 Å². The molecule has 0 aromatic carbocycles. The average Bonchev–Trinajstić information content (AvgIpc) is 2.81. The molecule has 1 radical (unpaired) electrons. The molecule has 0 aliphatic heterocycles. The Morgan fingerprint density at radius 3 is 1.93 bits per heavy atom. The van der Waals surface area contributed by atoms with Crippen LogP contribution >= 0.6 is 17.6 Å². The van der Waals surface area contributed by atoms with Crippen molar-refractivity contribution in [2.24, 2.45) is 0 Å². The van der Waals surface area contributed by atoms with Crippen LogP contribution in [0, 0.1) is 0 Å². The summed E-state index contributed by atoms with van der Waals surface area (Å²) in [6, 6.07) is 12.7. The van der Waals surface area contributed by atoms with Crippen LogP contribution in [-0.2, 0) is 40.3 Å². The number of rotatable bonds is 5. The molecule has 2 heterocycles. The standard InChI is InChI=1S/C23H31N2P.ClH.Co.Ru.H/c1-3-11-20(12-4-1)26(21-13-5-2-6-14-21)18-19-10-9-16-23(25-19)22-15-7-8-17-24-22;;;;/h7-10,15-17,20-21H,1-6,11-14,18H2;1H;;;/q;;;+1;. The molecule has 0 bridgehead atoms. The van der Waals surface area contributed by atoms with E-state index in [1.54, 1.807) is 17.3 Å². The van der Waals surface area contributed by atoms with E-state index in [-0.39, 0.29) is 24.7 Å². The number of hydrogen-bond donors (Lipinski definition) is 0. The first-order chi connectivity index (χ1) is 13.9. The Bertz CT molecular complexity index is 676. The molecule has 2 aromatic heterocycles. The summed E-state index contributed by atoms with van der Waals surface area (Å²) in [4.78, 5) is 9.53. The first-order valence-corrected chi connectivity index (χ1v) is 15.0. The number of hydrogen-bond acceptors (Lipinski definition) is 2. The van der Waals surface area contributed by atoms with E-state index in [1.165, 1.54) is 76.1 Å². The molecule has 0 spiro atoms. The van der Waals surface area contributed by atoms with Crippen LogP contribution in [0.5, 0.6) is 0 Å². The predicted octanol–water partition coefficient (Wildman–Crippen LogP) is 6.94. The summed E-state index contributed by atoms with van der Waals surface area (Å²) in [5.74, 6) is 0. The molecule has 2 nitrogen and oxygen atoms in total. The Morgan fingerprint density at radius 2 is 1.38 bits per heavy atom. The van der Waals surface area contributed by atoms with Crippen molar-refractivity contribution < 1.29 is 34.1 Å². The predicted molar refractivity (Wildman–Crippen MR) is 120 cm³/mol. The molecule has 29 heavy (non-hydrogen) atoms. The van der Waals surface area contributed by atoms with E-state index in [2.05, 4.69) is 45.0 Å². The van der Waals surface area contributed by atoms with Gasteiger partial charge in [0.05, 0.1) is 34.6 Å². The van der Waals surface area contributed by atoms with Crippen LogP contribution in [0.1, 0.15) is 69.9 Å². The molecule has 0 N–H and O–H groups in total. The summed E-state index contributed by atoms with van der Waals surface area (Å²) < 4.78 is 0. The van der Waals surface area contributed by atoms with Gasteiger partial charge >= 0.3 is 27.0 Å². The molecule has 0 atom stereocenters. The van der Waals surface area contributed by atoms with Gasteiger partial charge in [-0.2, -0.15) is 0 Å². The van der Waals surface area contributed by atoms with Crippen LogP contribution in [0.2, 0.25) is 0 Å². The number of aromatic nitrogens is 2. The van der Waals surface area contributed by atoms with Crippen LogP contribution < -0.4 is 0 Å². The largest absolute Gasteiger partial charge is 0.255 e. The first kappa shape index (κ1) is 25.4. The third-order valence-electron chi connectivity index (χ3n) is 6.38. The number of pyridine rings is 2. The zero-order valence-corrected chi connectivity index (χ0v) is 21.6. The van der Waals surface area contributed by atoms with Crippen LogP contribution in [0.4, 0.5) is 0 Å². The van der Waals surface area contributed by atoms with Crippen LogP contribution in [0.3, 0.4) is 0 Å². The van der Waals surface area contributed by atoms with Crippen LogP contribution in [0.15, 0.2) is 42.6 Å². The molecule has 2 saturated carbocycles. The second-order valence-electron chi connectivity index (χ2n) is 8.15. The van der Waals surface area contributed by atoms with E-state index in [9.17, 15) is 0 Å². The van der Waals surface area contributed by atoms with Crippen molar-refractivity contribution in [2.75, 3.05) is 0 Å². The van der Waals surface area contributed by atoms with Gasteiger partial charge in [0.15, 0.2) is 0 Å². The minimum absolute atomic E-state index is 0. The van der Waals surface area contributed by atoms with Crippen molar-refractivity contribution in [3.63, 3.8) is 0 Å². The maximum absolute atomic E-state index is 5.04. The van der Waals surface area contributed by atoms with Crippen LogP contribution in [0.25, 0.3) is 11.4 Å². The quantitative estimate of drug-likeness (QED) is 0.291. The zero-order valence-electron chi connectivity index (χ0n) is 17.0. The van der Waals surface area contributed by atoms with E-state index < -0.39 is 0 Å². The Balaban J connectivity index is 0.000000970. The molecule has 0 saturated heterocycles. The molecule has 2 fully saturated rings. The van der Waals surface area contributed by atoms with Crippen molar-refractivity contribution >= 4 is 17.6 Å². The topological polar surface area (TPSA) is 25.8 Å². The summed E-state index contributed by atoms with van der Waals surface area (Å²) in [5, 5.41) is 0. The molecule has 0 unspecified atom stereocenters. The smallest absolute Gasteiger partial charge is 0.0995 e. The van der Waals surface area contributed by atoms with Gasteiger partial charge in [0.1, 0.15) is 0 Å². The average molecular weight is 564 g/mol. The maximum atomic E-state index is 5.04. The van der Waals surface area contributed by atoms with Crippen LogP contribution in [-0.4, -0.2) is 21.3 Å². The Hall–Kier alpha value is 0.150. The van der Waals surface area contributed by atoms with Gasteiger partial charge in [-0.15, -0.1) is 0 Å². The van der Waals surface area contributed by atoms with Gasteiger partial charge in [0, 0.05) is 30.9 Å². The third-order valence-corrected chi connectivity index (χ3v) is 10.4. The second-order valence-corrected chi connectivity index (χ2v) is 11.3. The third kappa shape index (κ3) is 7.65. The Morgan fingerprint density at radius 1 is 0.793 bits per heavy atom. The van der Waals surface area contributed by atoms with E-state index in [0.29, 0.717) is 0 Å². The molecular formula is C23H33ClCoN2PRu+. The van der Waals surface area contributed by atoms with E-state index in [4.69, 9.17) is 4.98 Å². The van der Waals surface area contributed by atoms with Crippen molar-refractivity contribution in [3.8, 4) is 11.4 Å². The molecule has 6 heteroatoms. The van der Waals surface area contributed by atoms with Gasteiger partial charge < -0.3 is 0 Å². The number of nitrogens with zero attached hydrogens (tertiary/aromatic N) is 2. The van der Waals surface area contributed by atoms with Gasteiger partial charge in [-0.3, -0.25) is 4.98 Å². The van der Waals surface area contributed by atoms with E-state index in [1.807, 2.05) is 12.3 Å². The fraction of sp³-hybridized carbons (Fsp3) is 0.565. The minimum atomic E-state index is -0.379. The summed E-state index contributed by atoms with van der Waals surface area (Å²) in [5.41, 5.74) is 5.41. The van der Waals surface area contributed by atoms with Crippen molar-refractivity contribution in [3.05, 3.63) is 48.3 Å². The summed E-state index contributed by atoms with van der Waals surface area (Å²) in [7, 11) is 4.23.